The maximum Gasteiger partial charge on any atom is 0.343 e. The van der Waals surface area contributed by atoms with Gasteiger partial charge >= 0.3 is 5.97 Å². The number of rotatable bonds is 22. The van der Waals surface area contributed by atoms with Crippen molar-refractivity contribution in [1.82, 2.24) is 46.4 Å². The second-order valence-electron chi connectivity index (χ2n) is 20.3. The van der Waals surface area contributed by atoms with Crippen molar-refractivity contribution in [2.75, 3.05) is 32.9 Å². The van der Waals surface area contributed by atoms with Crippen LogP contribution in [0.15, 0.2) is 59.4 Å². The first-order valence-corrected chi connectivity index (χ1v) is 26.3. The summed E-state index contributed by atoms with van der Waals surface area (Å²) < 4.78 is 28.0. The molecular weight excluding hydrogens is 1010 g/mol. The molecule has 1 unspecified atom stereocenters. The molecule has 0 saturated heterocycles. The van der Waals surface area contributed by atoms with Crippen LogP contribution in [0.5, 0.6) is 0 Å². The van der Waals surface area contributed by atoms with E-state index in [0.29, 0.717) is 90.5 Å². The molecule has 8 N–H and O–H groups in total. The summed E-state index contributed by atoms with van der Waals surface area (Å²) in [7, 11) is 0. The van der Waals surface area contributed by atoms with Gasteiger partial charge in [-0.25, -0.2) is 14.2 Å². The fourth-order valence-corrected chi connectivity index (χ4v) is 10.8. The maximum absolute atomic E-state index is 15.4. The van der Waals surface area contributed by atoms with Gasteiger partial charge in [-0.3, -0.25) is 38.4 Å². The van der Waals surface area contributed by atoms with Gasteiger partial charge in [-0.2, -0.15) is 0 Å². The summed E-state index contributed by atoms with van der Waals surface area (Å²) in [6.45, 7) is 1.95. The van der Waals surface area contributed by atoms with Gasteiger partial charge in [0.2, 0.25) is 41.4 Å². The number of hydrogen-bond donors (Lipinski definition) is 8. The number of cyclic esters (lactones) is 1. The van der Waals surface area contributed by atoms with Gasteiger partial charge in [0.05, 0.1) is 60.8 Å². The van der Waals surface area contributed by atoms with Gasteiger partial charge in [-0.1, -0.05) is 43.7 Å². The molecule has 5 aliphatic rings. The van der Waals surface area contributed by atoms with Gasteiger partial charge < -0.3 is 61.1 Å². The molecule has 22 nitrogen and oxygen atoms in total. The zero-order valence-electron chi connectivity index (χ0n) is 43.2. The number of nitrogens with one attached hydrogen (secondary N) is 6. The summed E-state index contributed by atoms with van der Waals surface area (Å²) in [6, 6.07) is 10.2. The predicted molar refractivity (Wildman–Crippen MR) is 275 cm³/mol. The lowest BCUT2D eigenvalue weighted by Gasteiger charge is -2.36. The van der Waals surface area contributed by atoms with Crippen LogP contribution in [-0.4, -0.2) is 123 Å². The number of pyridine rings is 2. The number of aliphatic hydroxyl groups is 2. The molecule has 4 atom stereocenters. The fraction of sp³-hybridized carbons (Fsp3) is 0.455. The van der Waals surface area contributed by atoms with Crippen LogP contribution < -0.4 is 37.5 Å². The molecule has 7 amide bonds. The zero-order chi connectivity index (χ0) is 55.4. The highest BCUT2D eigenvalue weighted by Gasteiger charge is 2.46. The van der Waals surface area contributed by atoms with E-state index in [-0.39, 0.29) is 80.6 Å². The van der Waals surface area contributed by atoms with Crippen molar-refractivity contribution in [3.05, 3.63) is 110 Å². The maximum atomic E-state index is 15.4. The molecule has 0 radical (unpaired) electrons. The van der Waals surface area contributed by atoms with Gasteiger partial charge in [0.15, 0.2) is 5.60 Å². The fourth-order valence-electron chi connectivity index (χ4n) is 10.8. The lowest BCUT2D eigenvalue weighted by Crippen LogP contribution is -2.52. The van der Waals surface area contributed by atoms with Crippen LogP contribution in [-0.2, 0) is 79.4 Å². The van der Waals surface area contributed by atoms with E-state index in [0.717, 1.165) is 11.1 Å². The predicted octanol–water partition coefficient (Wildman–Crippen LogP) is 0.853. The van der Waals surface area contributed by atoms with E-state index in [1.165, 1.54) is 27.7 Å². The minimum absolute atomic E-state index is 0.0303. The highest BCUT2D eigenvalue weighted by molar-refractivity contribution is 5.95. The van der Waals surface area contributed by atoms with Crippen molar-refractivity contribution in [2.45, 2.75) is 121 Å². The molecule has 5 heterocycles. The number of halogens is 1. The van der Waals surface area contributed by atoms with E-state index in [1.54, 1.807) is 50.2 Å². The summed E-state index contributed by atoms with van der Waals surface area (Å²) >= 11 is 0. The molecule has 4 aromatic rings. The number of amides is 7. The number of ether oxygens (including phenoxy) is 2. The molecule has 2 aromatic heterocycles. The van der Waals surface area contributed by atoms with Crippen molar-refractivity contribution in [3.63, 3.8) is 0 Å². The molecule has 412 valence electrons. The minimum Gasteiger partial charge on any atom is -0.458 e. The lowest BCUT2D eigenvalue weighted by atomic mass is 9.79. The number of aliphatic hydroxyl groups excluding tert-OH is 1. The Balaban J connectivity index is 0.724. The second kappa shape index (κ2) is 23.4. The van der Waals surface area contributed by atoms with Gasteiger partial charge in [-0.05, 0) is 86.3 Å². The van der Waals surface area contributed by atoms with Crippen LogP contribution in [0.3, 0.4) is 0 Å². The van der Waals surface area contributed by atoms with Gasteiger partial charge in [0.1, 0.15) is 31.4 Å². The number of fused-ring (bicyclic) bond motifs is 5. The smallest absolute Gasteiger partial charge is 0.343 e. The Kier molecular flexibility index (Phi) is 16.4. The average Bonchev–Trinajstić information content (AvgIpc) is 4.16. The number of aryl methyl sites for hydroxylation is 1. The summed E-state index contributed by atoms with van der Waals surface area (Å²) in [4.78, 5) is 122. The number of hydrogen-bond acceptors (Lipinski definition) is 14. The number of aromatic nitrogens is 2. The summed E-state index contributed by atoms with van der Waals surface area (Å²) in [5.74, 6) is -5.13. The van der Waals surface area contributed by atoms with Gasteiger partial charge in [-0.15, -0.1) is 0 Å². The largest absolute Gasteiger partial charge is 0.458 e. The van der Waals surface area contributed by atoms with Crippen LogP contribution in [0.2, 0.25) is 0 Å². The molecule has 9 rings (SSSR count). The van der Waals surface area contributed by atoms with Crippen molar-refractivity contribution in [1.29, 1.82) is 0 Å². The molecule has 2 aromatic carbocycles. The summed E-state index contributed by atoms with van der Waals surface area (Å²) in [5.41, 5.74) is 2.37. The standard InChI is InChI=1S/C55H62FN9O13/c1-3-55(76)36-21-41-50-34(26-65(41)53(74)35(36)27-77-54(55)75)49-38(14-13-33-29(2)37(56)22-39(62-50)48(33)49)63-51(72)31-19-32(20-31)78-28-60-44(68)24-59-52(73)40(18-30-10-6-4-7-11-30)61-45(69)25-58-43(67)23-57-42(66)12-8-5-9-17-64-46(70)15-16-47(64)71/h4,6-7,10-11,15-16,21-22,31-32,38,40,46,70,76H,3,5,8-9,12-14,17-20,23-28H2,1-2H3,(H,57,66)(H,58,67)(H,59,73)(H,60,68)(H,61,69)(H,63,72)/t31-,32+,38-,40-,46?,55-/m0/s1. The normalized spacial score (nSPS) is 20.9. The molecule has 0 bridgehead atoms. The molecule has 78 heavy (non-hydrogen) atoms. The Labute approximate surface area is 446 Å². The van der Waals surface area contributed by atoms with E-state index < -0.39 is 83.9 Å². The first-order valence-electron chi connectivity index (χ1n) is 26.3. The number of nitrogens with zero attached hydrogens (tertiary/aromatic N) is 3. The van der Waals surface area contributed by atoms with E-state index in [2.05, 4.69) is 31.9 Å². The average molecular weight is 1080 g/mol. The Morgan fingerprint density at radius 2 is 1.64 bits per heavy atom. The second-order valence-corrected chi connectivity index (χ2v) is 20.3. The van der Waals surface area contributed by atoms with Crippen molar-refractivity contribution in [2.24, 2.45) is 5.92 Å². The van der Waals surface area contributed by atoms with E-state index >= 15 is 4.39 Å². The number of esters is 1. The highest BCUT2D eigenvalue weighted by atomic mass is 19.1. The number of carbonyl (C=O) groups excluding carboxylic acids is 8. The zero-order valence-corrected chi connectivity index (χ0v) is 43.2. The monoisotopic (exact) mass is 1080 g/mol. The summed E-state index contributed by atoms with van der Waals surface area (Å²) in [6.07, 6.45) is 4.92. The lowest BCUT2D eigenvalue weighted by molar-refractivity contribution is -0.172. The number of carbonyl (C=O) groups is 8. The molecule has 3 aliphatic heterocycles. The van der Waals surface area contributed by atoms with Crippen LogP contribution in [0.4, 0.5) is 4.39 Å². The molecule has 1 saturated carbocycles. The number of unbranched alkanes of at least 4 members (excludes halogenated alkanes) is 2. The number of benzene rings is 2. The Hall–Kier alpha value is -7.89. The van der Waals surface area contributed by atoms with Gasteiger partial charge in [0, 0.05) is 54.0 Å². The Bertz CT molecular complexity index is 3180. The van der Waals surface area contributed by atoms with Crippen molar-refractivity contribution >= 4 is 58.2 Å². The minimum atomic E-state index is -2.03. The van der Waals surface area contributed by atoms with Crippen LogP contribution in [0, 0.1) is 18.7 Å². The van der Waals surface area contributed by atoms with Crippen molar-refractivity contribution in [3.8, 4) is 11.4 Å². The first kappa shape index (κ1) is 54.9. The third kappa shape index (κ3) is 11.5. The van der Waals surface area contributed by atoms with Crippen LogP contribution in [0.25, 0.3) is 22.3 Å². The molecular formula is C55H62FN9O13. The SMILES string of the molecule is CC[C@@]1(O)C(=O)OCc2c1cc1n(c2=O)Cc2c-1nc1cc(F)c(C)c3c1c2[C@@H](NC(=O)[C@H]1C[C@@H](OCNC(=O)CNC(=O)[C@H](Cc2ccccc2)NC(=O)CNC(=O)CNC(=O)CCCCCN2C(=O)C=CC2O)C1)CC3. The van der Waals surface area contributed by atoms with E-state index in [4.69, 9.17) is 14.5 Å². The Morgan fingerprint density at radius 3 is 2.38 bits per heavy atom. The van der Waals surface area contributed by atoms with Crippen molar-refractivity contribution < 1.29 is 62.4 Å². The van der Waals surface area contributed by atoms with E-state index in [9.17, 15) is 53.4 Å². The highest BCUT2D eigenvalue weighted by Crippen LogP contribution is 2.46. The molecule has 0 spiro atoms. The molecule has 23 heteroatoms. The first-order chi connectivity index (χ1) is 37.4. The van der Waals surface area contributed by atoms with Gasteiger partial charge in [0.25, 0.3) is 5.56 Å². The molecule has 2 aliphatic carbocycles. The van der Waals surface area contributed by atoms with Crippen LogP contribution >= 0.6 is 0 Å². The third-order valence-electron chi connectivity index (χ3n) is 15.3. The van der Waals surface area contributed by atoms with E-state index in [1.807, 2.05) is 0 Å². The van der Waals surface area contributed by atoms with Crippen LogP contribution in [0.1, 0.15) is 103 Å². The Morgan fingerprint density at radius 1 is 0.910 bits per heavy atom. The quantitative estimate of drug-likeness (QED) is 0.0271. The topological polar surface area (TPSA) is 306 Å². The molecule has 1 fully saturated rings. The summed E-state index contributed by atoms with van der Waals surface area (Å²) in [5, 5.41) is 37.7. The third-order valence-corrected chi connectivity index (χ3v) is 15.3.